The number of aliphatic imine (C=N–C) groups is 1. The summed E-state index contributed by atoms with van der Waals surface area (Å²) in [6.07, 6.45) is 3.46. The minimum Gasteiger partial charge on any atom is -0.326 e. The molecule has 1 heterocycles. The van der Waals surface area contributed by atoms with E-state index in [9.17, 15) is 4.79 Å². The van der Waals surface area contributed by atoms with Crippen molar-refractivity contribution >= 4 is 17.6 Å². The molecule has 2 aromatic carbocycles. The average molecular weight is 386 g/mol. The number of guanidine groups is 1. The molecule has 0 aliphatic heterocycles. The summed E-state index contributed by atoms with van der Waals surface area (Å²) in [4.78, 5) is 21.5. The van der Waals surface area contributed by atoms with Gasteiger partial charge in [-0.05, 0) is 80.8 Å². The van der Waals surface area contributed by atoms with Gasteiger partial charge in [0.15, 0.2) is 0 Å². The number of anilines is 1. The Balaban J connectivity index is 1.84. The van der Waals surface area contributed by atoms with Crippen LogP contribution in [0.3, 0.4) is 0 Å². The molecule has 3 aromatic rings. The standard InChI is InChI=1S/C24H26N4O/c1-16-11-17(2)13-21(12-16)23(29)28-24(26-15-20-7-9-25-10-8-20)27-22-6-5-18(3)19(4)14-22/h5-14H,15H2,1-4H3,(H2,26,27,28,29). The van der Waals surface area contributed by atoms with Crippen molar-refractivity contribution in [2.75, 3.05) is 5.32 Å². The normalized spacial score (nSPS) is 11.2. The fraction of sp³-hybridized carbons (Fsp3) is 0.208. The van der Waals surface area contributed by atoms with E-state index in [0.717, 1.165) is 22.4 Å². The van der Waals surface area contributed by atoms with Crippen LogP contribution >= 0.6 is 0 Å². The maximum atomic E-state index is 12.8. The van der Waals surface area contributed by atoms with Crippen molar-refractivity contribution in [2.24, 2.45) is 4.99 Å². The Hall–Kier alpha value is -3.47. The van der Waals surface area contributed by atoms with Crippen molar-refractivity contribution in [1.82, 2.24) is 10.3 Å². The minimum absolute atomic E-state index is 0.193. The second-order valence-corrected chi connectivity index (χ2v) is 7.27. The van der Waals surface area contributed by atoms with Gasteiger partial charge in [-0.25, -0.2) is 4.99 Å². The van der Waals surface area contributed by atoms with Crippen molar-refractivity contribution in [3.8, 4) is 0 Å². The molecule has 0 radical (unpaired) electrons. The maximum Gasteiger partial charge on any atom is 0.257 e. The molecule has 3 rings (SSSR count). The van der Waals surface area contributed by atoms with Crippen LogP contribution in [0.1, 0.15) is 38.2 Å². The molecule has 0 aliphatic carbocycles. The van der Waals surface area contributed by atoms with E-state index < -0.39 is 0 Å². The molecule has 148 valence electrons. The molecule has 5 nitrogen and oxygen atoms in total. The molecule has 0 bridgehead atoms. The quantitative estimate of drug-likeness (QED) is 0.504. The Morgan fingerprint density at radius 1 is 0.897 bits per heavy atom. The summed E-state index contributed by atoms with van der Waals surface area (Å²) >= 11 is 0. The number of hydrogen-bond donors (Lipinski definition) is 2. The highest BCUT2D eigenvalue weighted by atomic mass is 16.1. The lowest BCUT2D eigenvalue weighted by Crippen LogP contribution is -2.36. The lowest BCUT2D eigenvalue weighted by Gasteiger charge is -2.14. The fourth-order valence-corrected chi connectivity index (χ4v) is 3.01. The van der Waals surface area contributed by atoms with Crippen LogP contribution < -0.4 is 10.6 Å². The van der Waals surface area contributed by atoms with Crippen LogP contribution in [0.2, 0.25) is 0 Å². The predicted octanol–water partition coefficient (Wildman–Crippen LogP) is 4.71. The Morgan fingerprint density at radius 2 is 1.59 bits per heavy atom. The van der Waals surface area contributed by atoms with Crippen molar-refractivity contribution in [3.63, 3.8) is 0 Å². The SMILES string of the molecule is Cc1cc(C)cc(C(=O)NC(=NCc2ccncc2)Nc2ccc(C)c(C)c2)c1. The number of hydrogen-bond acceptors (Lipinski definition) is 3. The van der Waals surface area contributed by atoms with Gasteiger partial charge in [-0.1, -0.05) is 23.3 Å². The number of carbonyl (C=O) groups is 1. The van der Waals surface area contributed by atoms with Crippen LogP contribution in [0.15, 0.2) is 65.9 Å². The van der Waals surface area contributed by atoms with Crippen molar-refractivity contribution in [1.29, 1.82) is 0 Å². The fourth-order valence-electron chi connectivity index (χ4n) is 3.01. The zero-order chi connectivity index (χ0) is 20.8. The maximum absolute atomic E-state index is 12.8. The highest BCUT2D eigenvalue weighted by Gasteiger charge is 2.11. The first-order chi connectivity index (χ1) is 13.9. The summed E-state index contributed by atoms with van der Waals surface area (Å²) in [6.45, 7) is 8.52. The number of aromatic nitrogens is 1. The monoisotopic (exact) mass is 386 g/mol. The molecule has 1 amide bonds. The molecule has 0 unspecified atom stereocenters. The van der Waals surface area contributed by atoms with Crippen molar-refractivity contribution in [2.45, 2.75) is 34.2 Å². The largest absolute Gasteiger partial charge is 0.326 e. The van der Waals surface area contributed by atoms with Crippen LogP contribution in [-0.4, -0.2) is 16.9 Å². The zero-order valence-electron chi connectivity index (χ0n) is 17.3. The zero-order valence-corrected chi connectivity index (χ0v) is 17.3. The minimum atomic E-state index is -0.193. The number of amides is 1. The molecule has 29 heavy (non-hydrogen) atoms. The summed E-state index contributed by atoms with van der Waals surface area (Å²) in [5.74, 6) is 0.218. The second kappa shape index (κ2) is 9.15. The van der Waals surface area contributed by atoms with Gasteiger partial charge in [-0.2, -0.15) is 0 Å². The van der Waals surface area contributed by atoms with Crippen LogP contribution in [0.5, 0.6) is 0 Å². The Bertz CT molecular complexity index is 1020. The Labute approximate surface area is 171 Å². The van der Waals surface area contributed by atoms with E-state index in [-0.39, 0.29) is 5.91 Å². The molecular formula is C24H26N4O. The molecule has 0 saturated heterocycles. The Kier molecular flexibility index (Phi) is 6.39. The number of aryl methyl sites for hydroxylation is 4. The van der Waals surface area contributed by atoms with Crippen LogP contribution in [0.25, 0.3) is 0 Å². The van der Waals surface area contributed by atoms with Crippen LogP contribution in [0.4, 0.5) is 5.69 Å². The summed E-state index contributed by atoms with van der Waals surface area (Å²) < 4.78 is 0. The molecule has 1 aromatic heterocycles. The highest BCUT2D eigenvalue weighted by Crippen LogP contribution is 2.14. The van der Waals surface area contributed by atoms with Crippen molar-refractivity contribution < 1.29 is 4.79 Å². The molecule has 5 heteroatoms. The average Bonchev–Trinajstić information content (AvgIpc) is 2.69. The van der Waals surface area contributed by atoms with E-state index in [2.05, 4.69) is 34.5 Å². The third-order valence-electron chi connectivity index (χ3n) is 4.65. The molecule has 0 spiro atoms. The van der Waals surface area contributed by atoms with Gasteiger partial charge in [0.05, 0.1) is 6.54 Å². The van der Waals surface area contributed by atoms with E-state index in [1.165, 1.54) is 11.1 Å². The Morgan fingerprint density at radius 3 is 2.24 bits per heavy atom. The molecule has 2 N–H and O–H groups in total. The van der Waals surface area contributed by atoms with E-state index in [1.54, 1.807) is 12.4 Å². The van der Waals surface area contributed by atoms with Gasteiger partial charge in [-0.3, -0.25) is 15.1 Å². The van der Waals surface area contributed by atoms with Gasteiger partial charge in [0.1, 0.15) is 0 Å². The highest BCUT2D eigenvalue weighted by molar-refractivity contribution is 6.10. The number of benzene rings is 2. The van der Waals surface area contributed by atoms with Gasteiger partial charge in [-0.15, -0.1) is 0 Å². The van der Waals surface area contributed by atoms with Gasteiger partial charge in [0.2, 0.25) is 5.96 Å². The number of rotatable bonds is 4. The predicted molar refractivity (Wildman–Crippen MR) is 118 cm³/mol. The van der Waals surface area contributed by atoms with E-state index >= 15 is 0 Å². The van der Waals surface area contributed by atoms with Gasteiger partial charge in [0.25, 0.3) is 5.91 Å². The smallest absolute Gasteiger partial charge is 0.257 e. The van der Waals surface area contributed by atoms with Crippen LogP contribution in [-0.2, 0) is 6.54 Å². The molecule has 0 aliphatic rings. The summed E-state index contributed by atoms with van der Waals surface area (Å²) in [5.41, 5.74) is 6.98. The van der Waals surface area contributed by atoms with E-state index in [0.29, 0.717) is 18.1 Å². The lowest BCUT2D eigenvalue weighted by atomic mass is 10.1. The first-order valence-electron chi connectivity index (χ1n) is 9.58. The van der Waals surface area contributed by atoms with Gasteiger partial charge < -0.3 is 5.32 Å². The first-order valence-corrected chi connectivity index (χ1v) is 9.58. The van der Waals surface area contributed by atoms with Crippen molar-refractivity contribution in [3.05, 3.63) is 94.3 Å². The first kappa shape index (κ1) is 20.3. The van der Waals surface area contributed by atoms with Crippen LogP contribution in [0, 0.1) is 27.7 Å². The summed E-state index contributed by atoms with van der Waals surface area (Å²) in [7, 11) is 0. The summed E-state index contributed by atoms with van der Waals surface area (Å²) in [5, 5.41) is 6.17. The molecule has 0 fully saturated rings. The second-order valence-electron chi connectivity index (χ2n) is 7.27. The number of pyridine rings is 1. The third-order valence-corrected chi connectivity index (χ3v) is 4.65. The number of carbonyl (C=O) groups excluding carboxylic acids is 1. The summed E-state index contributed by atoms with van der Waals surface area (Å²) in [6, 6.07) is 15.7. The van der Waals surface area contributed by atoms with Gasteiger partial charge in [0, 0.05) is 23.6 Å². The lowest BCUT2D eigenvalue weighted by molar-refractivity contribution is 0.0976. The molecule has 0 saturated carbocycles. The van der Waals surface area contributed by atoms with Gasteiger partial charge >= 0.3 is 0 Å². The van der Waals surface area contributed by atoms with E-state index in [1.807, 2.05) is 62.4 Å². The van der Waals surface area contributed by atoms with E-state index in [4.69, 9.17) is 0 Å². The topological polar surface area (TPSA) is 66.4 Å². The third kappa shape index (κ3) is 5.75. The molecule has 0 atom stereocenters. The number of nitrogens with zero attached hydrogens (tertiary/aromatic N) is 2. The number of nitrogens with one attached hydrogen (secondary N) is 2. The molecular weight excluding hydrogens is 360 g/mol.